The van der Waals surface area contributed by atoms with Crippen LogP contribution in [0.25, 0.3) is 16.9 Å². The van der Waals surface area contributed by atoms with Crippen molar-refractivity contribution < 1.29 is 13.2 Å². The SMILES string of the molecule is COc1ccc(C2=NN(S(=O)(=O)c3ccc(C)cc3)C(c3cn(-c4ccccc4)nc3-c3ccccc3)C2)cc1. The van der Waals surface area contributed by atoms with Gasteiger partial charge in [-0.2, -0.15) is 23.0 Å². The summed E-state index contributed by atoms with van der Waals surface area (Å²) in [7, 11) is -2.36. The van der Waals surface area contributed by atoms with Gasteiger partial charge in [-0.15, -0.1) is 0 Å². The van der Waals surface area contributed by atoms with E-state index in [1.165, 1.54) is 4.41 Å². The first kappa shape index (κ1) is 25.6. The van der Waals surface area contributed by atoms with Gasteiger partial charge in [-0.3, -0.25) is 0 Å². The lowest BCUT2D eigenvalue weighted by Crippen LogP contribution is -2.27. The molecule has 0 N–H and O–H groups in total. The zero-order valence-electron chi connectivity index (χ0n) is 22.2. The number of sulfonamides is 1. The van der Waals surface area contributed by atoms with Crippen molar-refractivity contribution in [3.05, 3.63) is 132 Å². The number of methoxy groups -OCH3 is 1. The Morgan fingerprint density at radius 2 is 1.45 bits per heavy atom. The van der Waals surface area contributed by atoms with Gasteiger partial charge in [0.05, 0.1) is 35.1 Å². The van der Waals surface area contributed by atoms with Gasteiger partial charge in [0, 0.05) is 23.7 Å². The molecule has 1 aliphatic heterocycles. The Morgan fingerprint density at radius 3 is 2.10 bits per heavy atom. The van der Waals surface area contributed by atoms with Crippen molar-refractivity contribution in [3.8, 4) is 22.7 Å². The molecular formula is C32H28N4O3S. The van der Waals surface area contributed by atoms with Crippen molar-refractivity contribution in [1.82, 2.24) is 14.2 Å². The molecule has 5 aromatic rings. The molecule has 2 heterocycles. The third kappa shape index (κ3) is 4.78. The van der Waals surface area contributed by atoms with Gasteiger partial charge in [0.1, 0.15) is 5.75 Å². The summed E-state index contributed by atoms with van der Waals surface area (Å²) in [6.45, 7) is 1.93. The summed E-state index contributed by atoms with van der Waals surface area (Å²) >= 11 is 0. The van der Waals surface area contributed by atoms with Crippen LogP contribution < -0.4 is 4.74 Å². The zero-order valence-corrected chi connectivity index (χ0v) is 23.0. The Hall–Kier alpha value is -4.69. The minimum absolute atomic E-state index is 0.194. The second-order valence-corrected chi connectivity index (χ2v) is 11.5. The Morgan fingerprint density at radius 1 is 0.800 bits per heavy atom. The van der Waals surface area contributed by atoms with Crippen LogP contribution in [-0.2, 0) is 10.0 Å². The number of nitrogens with zero attached hydrogens (tertiary/aromatic N) is 4. The van der Waals surface area contributed by atoms with Crippen molar-refractivity contribution >= 4 is 15.7 Å². The molecule has 8 heteroatoms. The van der Waals surface area contributed by atoms with E-state index in [-0.39, 0.29) is 4.90 Å². The number of hydrogen-bond acceptors (Lipinski definition) is 5. The first-order chi connectivity index (χ1) is 19.4. The minimum Gasteiger partial charge on any atom is -0.497 e. The summed E-state index contributed by atoms with van der Waals surface area (Å²) in [6.07, 6.45) is 2.31. The molecule has 1 aliphatic rings. The van der Waals surface area contributed by atoms with Crippen LogP contribution in [0, 0.1) is 6.92 Å². The summed E-state index contributed by atoms with van der Waals surface area (Å²) in [4.78, 5) is 0.194. The molecule has 0 spiro atoms. The number of ether oxygens (including phenoxy) is 1. The van der Waals surface area contributed by atoms with Gasteiger partial charge in [-0.05, 0) is 61.0 Å². The van der Waals surface area contributed by atoms with E-state index in [9.17, 15) is 8.42 Å². The fourth-order valence-electron chi connectivity index (χ4n) is 4.88. The van der Waals surface area contributed by atoms with Crippen LogP contribution in [-0.4, -0.2) is 35.4 Å². The number of aromatic nitrogens is 2. The third-order valence-electron chi connectivity index (χ3n) is 7.03. The van der Waals surface area contributed by atoms with E-state index in [2.05, 4.69) is 0 Å². The lowest BCUT2D eigenvalue weighted by atomic mass is 9.97. The highest BCUT2D eigenvalue weighted by Gasteiger charge is 2.40. The number of rotatable bonds is 7. The van der Waals surface area contributed by atoms with E-state index in [4.69, 9.17) is 14.9 Å². The van der Waals surface area contributed by atoms with Crippen molar-refractivity contribution in [2.45, 2.75) is 24.3 Å². The van der Waals surface area contributed by atoms with Crippen LogP contribution in [0.1, 0.15) is 29.2 Å². The Kier molecular flexibility index (Phi) is 6.69. The van der Waals surface area contributed by atoms with Gasteiger partial charge in [-0.1, -0.05) is 66.2 Å². The maximum atomic E-state index is 14.1. The molecule has 1 atom stereocenters. The number of benzene rings is 4. The molecule has 200 valence electrons. The summed E-state index contributed by atoms with van der Waals surface area (Å²) in [5.74, 6) is 0.721. The molecule has 0 saturated carbocycles. The van der Waals surface area contributed by atoms with E-state index in [1.807, 2.05) is 98.0 Å². The first-order valence-corrected chi connectivity index (χ1v) is 14.4. The lowest BCUT2D eigenvalue weighted by molar-refractivity contribution is 0.372. The second kappa shape index (κ2) is 10.5. The predicted molar refractivity (Wildman–Crippen MR) is 156 cm³/mol. The molecule has 0 amide bonds. The standard InChI is InChI=1S/C32H28N4O3S/c1-23-13-19-28(20-14-23)40(37,38)36-31(21-30(33-36)24-15-17-27(39-2)18-16-24)29-22-35(26-11-7-4-8-12-26)34-32(29)25-9-5-3-6-10-25/h3-20,22,31H,21H2,1-2H3. The van der Waals surface area contributed by atoms with Crippen molar-refractivity contribution in [3.63, 3.8) is 0 Å². The summed E-state index contributed by atoms with van der Waals surface area (Å²) in [6, 6.07) is 33.4. The number of aryl methyl sites for hydroxylation is 1. The van der Waals surface area contributed by atoms with E-state index in [1.54, 1.807) is 36.1 Å². The van der Waals surface area contributed by atoms with Gasteiger partial charge in [0.2, 0.25) is 0 Å². The zero-order chi connectivity index (χ0) is 27.7. The molecule has 0 aliphatic carbocycles. The van der Waals surface area contributed by atoms with Crippen LogP contribution in [0.15, 0.2) is 125 Å². The molecular weight excluding hydrogens is 520 g/mol. The predicted octanol–water partition coefficient (Wildman–Crippen LogP) is 6.40. The van der Waals surface area contributed by atoms with Crippen molar-refractivity contribution in [2.24, 2.45) is 5.10 Å². The number of para-hydroxylation sites is 1. The maximum Gasteiger partial charge on any atom is 0.279 e. The van der Waals surface area contributed by atoms with E-state index in [0.29, 0.717) is 17.8 Å². The fraction of sp³-hybridized carbons (Fsp3) is 0.125. The molecule has 7 nitrogen and oxygen atoms in total. The summed E-state index contributed by atoms with van der Waals surface area (Å²) in [5, 5.41) is 9.69. The largest absolute Gasteiger partial charge is 0.497 e. The Bertz CT molecular complexity index is 1760. The van der Waals surface area contributed by atoms with E-state index in [0.717, 1.165) is 33.7 Å². The molecule has 0 fully saturated rings. The molecule has 1 unspecified atom stereocenters. The third-order valence-corrected chi connectivity index (χ3v) is 8.73. The van der Waals surface area contributed by atoms with Gasteiger partial charge in [0.15, 0.2) is 0 Å². The normalized spacial score (nSPS) is 15.2. The first-order valence-electron chi connectivity index (χ1n) is 13.0. The van der Waals surface area contributed by atoms with Gasteiger partial charge in [0.25, 0.3) is 10.0 Å². The van der Waals surface area contributed by atoms with E-state index < -0.39 is 16.1 Å². The highest BCUT2D eigenvalue weighted by atomic mass is 32.2. The highest BCUT2D eigenvalue weighted by molar-refractivity contribution is 7.89. The highest BCUT2D eigenvalue weighted by Crippen LogP contribution is 2.41. The van der Waals surface area contributed by atoms with Crippen LogP contribution in [0.2, 0.25) is 0 Å². The Balaban J connectivity index is 1.51. The number of hydrogen-bond donors (Lipinski definition) is 0. The van der Waals surface area contributed by atoms with Crippen LogP contribution in [0.5, 0.6) is 5.75 Å². The lowest BCUT2D eigenvalue weighted by Gasteiger charge is -2.23. The average molecular weight is 549 g/mol. The monoisotopic (exact) mass is 548 g/mol. The molecule has 0 bridgehead atoms. The Labute approximate surface area is 234 Å². The average Bonchev–Trinajstić information content (AvgIpc) is 3.64. The molecule has 40 heavy (non-hydrogen) atoms. The topological polar surface area (TPSA) is 76.8 Å². The van der Waals surface area contributed by atoms with Crippen molar-refractivity contribution in [2.75, 3.05) is 7.11 Å². The smallest absolute Gasteiger partial charge is 0.279 e. The summed E-state index contributed by atoms with van der Waals surface area (Å²) in [5.41, 5.74) is 5.77. The van der Waals surface area contributed by atoms with Gasteiger partial charge >= 0.3 is 0 Å². The molecule has 4 aromatic carbocycles. The molecule has 6 rings (SSSR count). The van der Waals surface area contributed by atoms with Crippen molar-refractivity contribution in [1.29, 1.82) is 0 Å². The fourth-order valence-corrected chi connectivity index (χ4v) is 6.31. The summed E-state index contributed by atoms with van der Waals surface area (Å²) < 4.78 is 36.6. The number of hydrazone groups is 1. The van der Waals surface area contributed by atoms with Gasteiger partial charge < -0.3 is 4.74 Å². The molecule has 0 radical (unpaired) electrons. The second-order valence-electron chi connectivity index (χ2n) is 9.66. The quantitative estimate of drug-likeness (QED) is 0.236. The van der Waals surface area contributed by atoms with Crippen LogP contribution in [0.4, 0.5) is 0 Å². The van der Waals surface area contributed by atoms with Gasteiger partial charge in [-0.25, -0.2) is 4.68 Å². The van der Waals surface area contributed by atoms with Crippen LogP contribution in [0.3, 0.4) is 0 Å². The molecule has 1 aromatic heterocycles. The van der Waals surface area contributed by atoms with E-state index >= 15 is 0 Å². The minimum atomic E-state index is -3.98. The maximum absolute atomic E-state index is 14.1. The molecule has 0 saturated heterocycles. The van der Waals surface area contributed by atoms with Crippen LogP contribution >= 0.6 is 0 Å².